The lowest BCUT2D eigenvalue weighted by Crippen LogP contribution is -2.28. The minimum absolute atomic E-state index is 0.749. The van der Waals surface area contributed by atoms with E-state index in [1.807, 2.05) is 18.5 Å². The van der Waals surface area contributed by atoms with Crippen LogP contribution in [0.4, 0.5) is 0 Å². The second-order valence-electron chi connectivity index (χ2n) is 4.97. The highest BCUT2D eigenvalue weighted by Crippen LogP contribution is 2.38. The summed E-state index contributed by atoms with van der Waals surface area (Å²) in [6.07, 6.45) is 9.00. The fourth-order valence-corrected chi connectivity index (χ4v) is 2.46. The molecular formula is C13H20N2. The van der Waals surface area contributed by atoms with E-state index in [1.165, 1.54) is 19.3 Å². The van der Waals surface area contributed by atoms with Gasteiger partial charge in [0.25, 0.3) is 0 Å². The summed E-state index contributed by atoms with van der Waals surface area (Å²) >= 11 is 0. The molecule has 2 nitrogen and oxygen atoms in total. The Morgan fingerprint density at radius 3 is 2.40 bits per heavy atom. The summed E-state index contributed by atoms with van der Waals surface area (Å²) in [5, 5.41) is 0. The van der Waals surface area contributed by atoms with Gasteiger partial charge < -0.3 is 0 Å². The van der Waals surface area contributed by atoms with Crippen molar-refractivity contribution in [3.05, 3.63) is 24.3 Å². The Labute approximate surface area is 92.1 Å². The van der Waals surface area contributed by atoms with Gasteiger partial charge in [-0.05, 0) is 23.8 Å². The summed E-state index contributed by atoms with van der Waals surface area (Å²) in [7, 11) is 0. The molecule has 2 heteroatoms. The summed E-state index contributed by atoms with van der Waals surface area (Å²) in [4.78, 5) is 8.66. The molecule has 1 heterocycles. The smallest absolute Gasteiger partial charge is 0.128 e. The molecule has 1 aliphatic carbocycles. The zero-order valence-corrected chi connectivity index (χ0v) is 9.69. The number of nitrogens with zero attached hydrogens (tertiary/aromatic N) is 2. The van der Waals surface area contributed by atoms with Crippen molar-refractivity contribution in [1.82, 2.24) is 9.97 Å². The summed E-state index contributed by atoms with van der Waals surface area (Å²) in [6, 6.07) is 1.89. The lowest BCUT2D eigenvalue weighted by molar-refractivity contribution is 0.157. The Hall–Kier alpha value is -0.920. The zero-order valence-electron chi connectivity index (χ0n) is 9.69. The molecule has 1 aromatic heterocycles. The van der Waals surface area contributed by atoms with E-state index >= 15 is 0 Å². The first-order valence-corrected chi connectivity index (χ1v) is 6.03. The van der Waals surface area contributed by atoms with Crippen LogP contribution >= 0.6 is 0 Å². The molecule has 1 fully saturated rings. The highest BCUT2D eigenvalue weighted by Gasteiger charge is 2.29. The van der Waals surface area contributed by atoms with Crippen LogP contribution in [0, 0.1) is 17.8 Å². The van der Waals surface area contributed by atoms with Gasteiger partial charge in [-0.25, -0.2) is 9.97 Å². The van der Waals surface area contributed by atoms with Gasteiger partial charge in [-0.1, -0.05) is 33.1 Å². The summed E-state index contributed by atoms with van der Waals surface area (Å²) in [5.74, 6) is 3.47. The van der Waals surface area contributed by atoms with E-state index in [4.69, 9.17) is 0 Å². The van der Waals surface area contributed by atoms with E-state index in [9.17, 15) is 0 Å². The molecule has 0 bridgehead atoms. The molecule has 0 spiro atoms. The van der Waals surface area contributed by atoms with Gasteiger partial charge in [0.2, 0.25) is 0 Å². The minimum Gasteiger partial charge on any atom is -0.241 e. The molecule has 0 saturated heterocycles. The van der Waals surface area contributed by atoms with Crippen molar-refractivity contribution in [3.63, 3.8) is 0 Å². The number of aromatic nitrogens is 2. The number of hydrogen-bond donors (Lipinski definition) is 0. The quantitative estimate of drug-likeness (QED) is 0.753. The fraction of sp³-hybridized carbons (Fsp3) is 0.692. The molecule has 1 saturated carbocycles. The Kier molecular flexibility index (Phi) is 3.34. The molecule has 0 N–H and O–H groups in total. The first-order valence-electron chi connectivity index (χ1n) is 6.03. The first-order chi connectivity index (χ1) is 7.27. The molecule has 0 aromatic carbocycles. The van der Waals surface area contributed by atoms with Crippen LogP contribution in [0.3, 0.4) is 0 Å². The Morgan fingerprint density at radius 2 is 1.93 bits per heavy atom. The molecule has 0 amide bonds. The van der Waals surface area contributed by atoms with Gasteiger partial charge in [-0.15, -0.1) is 0 Å². The Morgan fingerprint density at radius 1 is 1.27 bits per heavy atom. The predicted octanol–water partition coefficient (Wildman–Crippen LogP) is 3.09. The van der Waals surface area contributed by atoms with E-state index in [2.05, 4.69) is 23.8 Å². The molecule has 1 atom stereocenters. The maximum absolute atomic E-state index is 4.33. The van der Waals surface area contributed by atoms with Gasteiger partial charge in [-0.2, -0.15) is 0 Å². The maximum Gasteiger partial charge on any atom is 0.128 e. The van der Waals surface area contributed by atoms with Gasteiger partial charge in [0.1, 0.15) is 5.82 Å². The average Bonchev–Trinajstić information content (AvgIpc) is 2.15. The predicted molar refractivity (Wildman–Crippen MR) is 61.4 cm³/mol. The summed E-state index contributed by atoms with van der Waals surface area (Å²) in [6.45, 7) is 4.65. The molecule has 1 unspecified atom stereocenters. The van der Waals surface area contributed by atoms with Crippen LogP contribution in [0.5, 0.6) is 0 Å². The molecule has 2 rings (SSSR count). The van der Waals surface area contributed by atoms with Gasteiger partial charge >= 0.3 is 0 Å². The van der Waals surface area contributed by atoms with Crippen LogP contribution in [-0.2, 0) is 6.42 Å². The highest BCUT2D eigenvalue weighted by molar-refractivity contribution is 4.93. The summed E-state index contributed by atoms with van der Waals surface area (Å²) in [5.41, 5.74) is 0. The second kappa shape index (κ2) is 4.73. The van der Waals surface area contributed by atoms with Gasteiger partial charge in [0, 0.05) is 18.8 Å². The van der Waals surface area contributed by atoms with E-state index in [-0.39, 0.29) is 0 Å². The maximum atomic E-state index is 4.33. The third-order valence-corrected chi connectivity index (χ3v) is 3.65. The van der Waals surface area contributed by atoms with Crippen LogP contribution in [0.15, 0.2) is 18.5 Å². The van der Waals surface area contributed by atoms with E-state index in [1.54, 1.807) is 0 Å². The van der Waals surface area contributed by atoms with E-state index < -0.39 is 0 Å². The lowest BCUT2D eigenvalue weighted by Gasteiger charge is -2.36. The Bertz CT molecular complexity index is 291. The third-order valence-electron chi connectivity index (χ3n) is 3.65. The normalized spacial score (nSPS) is 18.9. The van der Waals surface area contributed by atoms with Gasteiger partial charge in [0.05, 0.1) is 0 Å². The van der Waals surface area contributed by atoms with Crippen LogP contribution in [0.1, 0.15) is 38.9 Å². The average molecular weight is 204 g/mol. The molecule has 15 heavy (non-hydrogen) atoms. The fourth-order valence-electron chi connectivity index (χ4n) is 2.46. The molecular weight excluding hydrogens is 184 g/mol. The summed E-state index contributed by atoms with van der Waals surface area (Å²) < 4.78 is 0. The minimum atomic E-state index is 0.749. The number of hydrogen-bond acceptors (Lipinski definition) is 2. The van der Waals surface area contributed by atoms with Crippen LogP contribution in [0.2, 0.25) is 0 Å². The first kappa shape index (κ1) is 10.6. The SMILES string of the molecule is CC(C)C(Cc1ncccn1)C1CCC1. The van der Waals surface area contributed by atoms with Gasteiger partial charge in [0.15, 0.2) is 0 Å². The van der Waals surface area contributed by atoms with Crippen molar-refractivity contribution in [2.75, 3.05) is 0 Å². The molecule has 1 aliphatic rings. The van der Waals surface area contributed by atoms with Crippen molar-refractivity contribution in [2.45, 2.75) is 39.5 Å². The van der Waals surface area contributed by atoms with Crippen LogP contribution in [-0.4, -0.2) is 9.97 Å². The largest absolute Gasteiger partial charge is 0.241 e. The monoisotopic (exact) mass is 204 g/mol. The van der Waals surface area contributed by atoms with Gasteiger partial charge in [-0.3, -0.25) is 0 Å². The molecule has 1 aromatic rings. The third kappa shape index (κ3) is 2.55. The number of rotatable bonds is 4. The lowest BCUT2D eigenvalue weighted by atomic mass is 9.70. The highest BCUT2D eigenvalue weighted by atomic mass is 14.8. The molecule has 0 radical (unpaired) electrons. The Balaban J connectivity index is 2.00. The van der Waals surface area contributed by atoms with E-state index in [0.29, 0.717) is 0 Å². The van der Waals surface area contributed by atoms with Crippen LogP contribution < -0.4 is 0 Å². The van der Waals surface area contributed by atoms with Crippen molar-refractivity contribution in [3.8, 4) is 0 Å². The topological polar surface area (TPSA) is 25.8 Å². The second-order valence-corrected chi connectivity index (χ2v) is 4.97. The van der Waals surface area contributed by atoms with E-state index in [0.717, 1.165) is 30.0 Å². The van der Waals surface area contributed by atoms with Crippen molar-refractivity contribution < 1.29 is 0 Å². The zero-order chi connectivity index (χ0) is 10.7. The van der Waals surface area contributed by atoms with Crippen LogP contribution in [0.25, 0.3) is 0 Å². The standard InChI is InChI=1S/C13H20N2/c1-10(2)12(11-5-3-6-11)9-13-14-7-4-8-15-13/h4,7-8,10-12H,3,5-6,9H2,1-2H3. The van der Waals surface area contributed by atoms with Crippen molar-refractivity contribution >= 4 is 0 Å². The van der Waals surface area contributed by atoms with Crippen molar-refractivity contribution in [2.24, 2.45) is 17.8 Å². The molecule has 82 valence electrons. The van der Waals surface area contributed by atoms with Crippen molar-refractivity contribution in [1.29, 1.82) is 0 Å². The molecule has 0 aliphatic heterocycles.